The number of benzene rings is 1. The maximum absolute atomic E-state index is 11.2. The van der Waals surface area contributed by atoms with Gasteiger partial charge in [-0.3, -0.25) is 4.79 Å². The molecule has 0 aliphatic carbocycles. The summed E-state index contributed by atoms with van der Waals surface area (Å²) in [7, 11) is 0. The van der Waals surface area contributed by atoms with Crippen LogP contribution in [0.15, 0.2) is 24.4 Å². The molecule has 3 heteroatoms. The van der Waals surface area contributed by atoms with Gasteiger partial charge < -0.3 is 4.98 Å². The Bertz CT molecular complexity index is 473. The highest BCUT2D eigenvalue weighted by Crippen LogP contribution is 2.25. The number of hydrogen-bond donors (Lipinski definition) is 1. The van der Waals surface area contributed by atoms with Crippen molar-refractivity contribution in [2.75, 3.05) is 0 Å². The Morgan fingerprint density at radius 3 is 2.85 bits per heavy atom. The van der Waals surface area contributed by atoms with Crippen molar-refractivity contribution in [3.63, 3.8) is 0 Å². The Morgan fingerprint density at radius 1 is 1.38 bits per heavy atom. The lowest BCUT2D eigenvalue weighted by atomic mass is 10.1. The molecule has 2 nitrogen and oxygen atoms in total. The highest BCUT2D eigenvalue weighted by atomic mass is 35.5. The van der Waals surface area contributed by atoms with Crippen molar-refractivity contribution >= 4 is 28.3 Å². The Balaban J connectivity index is 2.86. The van der Waals surface area contributed by atoms with Crippen LogP contribution in [0.25, 0.3) is 10.9 Å². The second kappa shape index (κ2) is 2.89. The smallest absolute Gasteiger partial charge is 0.161 e. The van der Waals surface area contributed by atoms with E-state index in [1.165, 1.54) is 0 Å². The van der Waals surface area contributed by atoms with E-state index >= 15 is 0 Å². The number of Topliss-reactive ketones (excluding diaryl/α,β-unsaturated/α-hetero) is 1. The predicted octanol–water partition coefficient (Wildman–Crippen LogP) is 3.02. The molecular weight excluding hydrogens is 186 g/mol. The summed E-state index contributed by atoms with van der Waals surface area (Å²) in [5.41, 5.74) is 1.50. The van der Waals surface area contributed by atoms with Crippen LogP contribution < -0.4 is 0 Å². The number of aromatic amines is 1. The van der Waals surface area contributed by atoms with Crippen molar-refractivity contribution in [3.05, 3.63) is 35.0 Å². The van der Waals surface area contributed by atoms with E-state index < -0.39 is 0 Å². The van der Waals surface area contributed by atoms with E-state index in [9.17, 15) is 4.79 Å². The van der Waals surface area contributed by atoms with E-state index in [-0.39, 0.29) is 5.78 Å². The lowest BCUT2D eigenvalue weighted by Crippen LogP contribution is -1.92. The van der Waals surface area contributed by atoms with Gasteiger partial charge in [0.2, 0.25) is 0 Å². The van der Waals surface area contributed by atoms with Crippen LogP contribution in [-0.2, 0) is 0 Å². The van der Waals surface area contributed by atoms with Gasteiger partial charge in [0.05, 0.1) is 5.52 Å². The highest BCUT2D eigenvalue weighted by molar-refractivity contribution is 6.36. The van der Waals surface area contributed by atoms with Crippen molar-refractivity contribution < 1.29 is 4.79 Å². The molecule has 0 atom stereocenters. The largest absolute Gasteiger partial charge is 0.361 e. The molecule has 0 saturated heterocycles. The Hall–Kier alpha value is -1.28. The van der Waals surface area contributed by atoms with Crippen LogP contribution in [0, 0.1) is 0 Å². The number of ketones is 1. The van der Waals surface area contributed by atoms with E-state index in [0.717, 1.165) is 10.9 Å². The Labute approximate surface area is 80.5 Å². The summed E-state index contributed by atoms with van der Waals surface area (Å²) >= 11 is 5.94. The first-order valence-corrected chi connectivity index (χ1v) is 4.34. The standard InChI is InChI=1S/C10H8ClNO/c1-6(13)7-2-3-9(11)8-4-5-12-10(7)8/h2-5,12H,1H3. The third kappa shape index (κ3) is 1.23. The number of fused-ring (bicyclic) bond motifs is 1. The molecule has 0 aliphatic heterocycles. The van der Waals surface area contributed by atoms with Crippen molar-refractivity contribution in [1.29, 1.82) is 0 Å². The van der Waals surface area contributed by atoms with Gasteiger partial charge in [0.1, 0.15) is 0 Å². The lowest BCUT2D eigenvalue weighted by molar-refractivity contribution is 0.101. The minimum Gasteiger partial charge on any atom is -0.361 e. The molecule has 2 aromatic rings. The molecule has 2 rings (SSSR count). The Morgan fingerprint density at radius 2 is 2.15 bits per heavy atom. The van der Waals surface area contributed by atoms with Gasteiger partial charge >= 0.3 is 0 Å². The van der Waals surface area contributed by atoms with Gasteiger partial charge in [-0.25, -0.2) is 0 Å². The molecule has 0 amide bonds. The molecule has 1 aromatic carbocycles. The molecule has 0 unspecified atom stereocenters. The average Bonchev–Trinajstić information content (AvgIpc) is 2.53. The number of nitrogens with one attached hydrogen (secondary N) is 1. The summed E-state index contributed by atoms with van der Waals surface area (Å²) in [4.78, 5) is 14.2. The quantitative estimate of drug-likeness (QED) is 0.694. The molecule has 0 aliphatic rings. The lowest BCUT2D eigenvalue weighted by Gasteiger charge is -1.99. The van der Waals surface area contributed by atoms with Gasteiger partial charge in [-0.15, -0.1) is 0 Å². The van der Waals surface area contributed by atoms with Crippen LogP contribution in [0.1, 0.15) is 17.3 Å². The first-order valence-electron chi connectivity index (χ1n) is 3.96. The molecule has 66 valence electrons. The van der Waals surface area contributed by atoms with Crippen LogP contribution in [0.4, 0.5) is 0 Å². The number of aromatic nitrogens is 1. The fourth-order valence-corrected chi connectivity index (χ4v) is 1.63. The third-order valence-corrected chi connectivity index (χ3v) is 2.38. The van der Waals surface area contributed by atoms with Gasteiger partial charge in [-0.2, -0.15) is 0 Å². The van der Waals surface area contributed by atoms with Crippen molar-refractivity contribution in [2.45, 2.75) is 6.92 Å². The van der Waals surface area contributed by atoms with Crippen LogP contribution >= 0.6 is 11.6 Å². The molecule has 0 bridgehead atoms. The Kier molecular flexibility index (Phi) is 1.85. The minimum atomic E-state index is 0.0455. The molecule has 1 aromatic heterocycles. The maximum Gasteiger partial charge on any atom is 0.161 e. The number of rotatable bonds is 1. The normalized spacial score (nSPS) is 10.6. The van der Waals surface area contributed by atoms with E-state index in [1.54, 1.807) is 25.3 Å². The monoisotopic (exact) mass is 193 g/mol. The van der Waals surface area contributed by atoms with Crippen molar-refractivity contribution in [2.24, 2.45) is 0 Å². The summed E-state index contributed by atoms with van der Waals surface area (Å²) in [5.74, 6) is 0.0455. The second-order valence-electron chi connectivity index (χ2n) is 2.92. The first-order chi connectivity index (χ1) is 6.20. The van der Waals surface area contributed by atoms with Crippen LogP contribution in [0.2, 0.25) is 5.02 Å². The molecule has 0 fully saturated rings. The zero-order chi connectivity index (χ0) is 9.42. The molecule has 0 saturated carbocycles. The molecule has 0 radical (unpaired) electrons. The predicted molar refractivity (Wildman–Crippen MR) is 53.3 cm³/mol. The van der Waals surface area contributed by atoms with E-state index in [0.29, 0.717) is 10.6 Å². The van der Waals surface area contributed by atoms with Gasteiger partial charge in [-0.05, 0) is 25.1 Å². The minimum absolute atomic E-state index is 0.0455. The van der Waals surface area contributed by atoms with Gasteiger partial charge in [0.25, 0.3) is 0 Å². The van der Waals surface area contributed by atoms with Crippen LogP contribution in [-0.4, -0.2) is 10.8 Å². The topological polar surface area (TPSA) is 32.9 Å². The number of halogens is 1. The zero-order valence-corrected chi connectivity index (χ0v) is 7.85. The summed E-state index contributed by atoms with van der Waals surface area (Å²) in [6, 6.07) is 5.35. The fraction of sp³-hybridized carbons (Fsp3) is 0.100. The van der Waals surface area contributed by atoms with Gasteiger partial charge in [-0.1, -0.05) is 11.6 Å². The highest BCUT2D eigenvalue weighted by Gasteiger charge is 2.08. The number of H-pyrrole nitrogens is 1. The van der Waals surface area contributed by atoms with Crippen molar-refractivity contribution in [3.8, 4) is 0 Å². The SMILES string of the molecule is CC(=O)c1ccc(Cl)c2cc[nH]c12. The van der Waals surface area contributed by atoms with E-state index in [1.807, 2.05) is 6.07 Å². The number of hydrogen-bond acceptors (Lipinski definition) is 1. The maximum atomic E-state index is 11.2. The third-order valence-electron chi connectivity index (χ3n) is 2.05. The fourth-order valence-electron chi connectivity index (χ4n) is 1.41. The van der Waals surface area contributed by atoms with Crippen LogP contribution in [0.3, 0.4) is 0 Å². The van der Waals surface area contributed by atoms with Gasteiger partial charge in [0, 0.05) is 22.2 Å². The summed E-state index contributed by atoms with van der Waals surface area (Å²) in [6.07, 6.45) is 1.78. The van der Waals surface area contributed by atoms with Crippen molar-refractivity contribution in [1.82, 2.24) is 4.98 Å². The zero-order valence-electron chi connectivity index (χ0n) is 7.10. The molecular formula is C10H8ClNO. The van der Waals surface area contributed by atoms with E-state index in [2.05, 4.69) is 4.98 Å². The molecule has 1 heterocycles. The molecule has 13 heavy (non-hydrogen) atoms. The first kappa shape index (κ1) is 8.32. The average molecular weight is 194 g/mol. The molecule has 0 spiro atoms. The number of carbonyl (C=O) groups excluding carboxylic acids is 1. The summed E-state index contributed by atoms with van der Waals surface area (Å²) < 4.78 is 0. The van der Waals surface area contributed by atoms with Crippen LogP contribution in [0.5, 0.6) is 0 Å². The summed E-state index contributed by atoms with van der Waals surface area (Å²) in [5, 5.41) is 1.57. The second-order valence-corrected chi connectivity index (χ2v) is 3.32. The molecule has 1 N–H and O–H groups in total. The number of carbonyl (C=O) groups is 1. The van der Waals surface area contributed by atoms with Gasteiger partial charge in [0.15, 0.2) is 5.78 Å². The van der Waals surface area contributed by atoms with E-state index in [4.69, 9.17) is 11.6 Å². The summed E-state index contributed by atoms with van der Waals surface area (Å²) in [6.45, 7) is 1.55.